The number of likely N-dealkylation sites (tertiary alicyclic amines) is 1. The molecule has 0 amide bonds. The van der Waals surface area contributed by atoms with Crippen molar-refractivity contribution in [3.63, 3.8) is 0 Å². The van der Waals surface area contributed by atoms with Crippen LogP contribution in [0.1, 0.15) is 79.7 Å². The lowest BCUT2D eigenvalue weighted by molar-refractivity contribution is 0.150. The van der Waals surface area contributed by atoms with Crippen molar-refractivity contribution in [2.24, 2.45) is 0 Å². The number of piperidine rings is 1. The summed E-state index contributed by atoms with van der Waals surface area (Å²) in [4.78, 5) is 2.64. The third-order valence-corrected chi connectivity index (χ3v) is 8.60. The second kappa shape index (κ2) is 13.2. The van der Waals surface area contributed by atoms with Gasteiger partial charge in [0.1, 0.15) is 18.1 Å². The normalized spacial score (nSPS) is 17.0. The van der Waals surface area contributed by atoms with Gasteiger partial charge >= 0.3 is 0 Å². The highest BCUT2D eigenvalue weighted by atomic mass is 16.5. The molecule has 1 fully saturated rings. The molecule has 1 atom stereocenters. The predicted octanol–water partition coefficient (Wildman–Crippen LogP) is 8.18. The summed E-state index contributed by atoms with van der Waals surface area (Å²) in [7, 11) is 0. The van der Waals surface area contributed by atoms with Crippen LogP contribution in [0.25, 0.3) is 11.1 Å². The third-order valence-electron chi connectivity index (χ3n) is 8.60. The quantitative estimate of drug-likeness (QED) is 0.238. The molecule has 5 rings (SSSR count). The molecule has 4 heteroatoms. The molecule has 2 aliphatic rings. The molecule has 1 aliphatic heterocycles. The summed E-state index contributed by atoms with van der Waals surface area (Å²) in [6.07, 6.45) is 9.57. The molecule has 39 heavy (non-hydrogen) atoms. The zero-order chi connectivity index (χ0) is 27.0. The number of hydrogen-bond acceptors (Lipinski definition) is 4. The first-order valence-corrected chi connectivity index (χ1v) is 14.8. The monoisotopic (exact) mass is 522 g/mol. The van der Waals surface area contributed by atoms with Gasteiger partial charge in [-0.15, -0.1) is 0 Å². The van der Waals surface area contributed by atoms with Crippen LogP contribution in [0.15, 0.2) is 54.6 Å². The Kier molecular flexibility index (Phi) is 9.22. The highest BCUT2D eigenvalue weighted by molar-refractivity contribution is 5.68. The topological polar surface area (TPSA) is 45.5 Å². The Hall–Kier alpha value is -3.29. The molecule has 0 saturated carbocycles. The van der Waals surface area contributed by atoms with Gasteiger partial charge < -0.3 is 9.47 Å². The van der Waals surface area contributed by atoms with Crippen molar-refractivity contribution in [3.8, 4) is 28.7 Å². The molecular formula is C35H42N2O2. The molecule has 0 radical (unpaired) electrons. The number of unbranched alkanes of at least 4 members (excludes halogenated alkanes) is 2. The average Bonchev–Trinajstić information content (AvgIpc) is 3.45. The van der Waals surface area contributed by atoms with Crippen LogP contribution in [-0.2, 0) is 26.0 Å². The molecule has 0 aromatic heterocycles. The number of fused-ring (bicyclic) bond motifs is 1. The van der Waals surface area contributed by atoms with Gasteiger partial charge in [0.15, 0.2) is 0 Å². The molecule has 1 heterocycles. The van der Waals surface area contributed by atoms with Crippen LogP contribution in [0.2, 0.25) is 0 Å². The lowest BCUT2D eigenvalue weighted by Crippen LogP contribution is -2.37. The van der Waals surface area contributed by atoms with E-state index >= 15 is 0 Å². The summed E-state index contributed by atoms with van der Waals surface area (Å²) in [6, 6.07) is 22.1. The Balaban J connectivity index is 1.41. The van der Waals surface area contributed by atoms with E-state index in [2.05, 4.69) is 79.4 Å². The highest BCUT2D eigenvalue weighted by Gasteiger charge is 2.27. The standard InChI is InChI=1S/C35H42N2O2/c1-26-13-7-9-21-37(26)24-33-31-18-12-19-32(31)34(23-35(33)38-22-10-4-8-20-36)39-25-29-16-11-17-30(27(29)2)28-14-5-3-6-15-28/h3,5-6,11,14-17,23,26H,4,7-10,12-13,18-19,21-22,24-25H2,1-2H3/t26-/m1/s1. The molecule has 3 aromatic carbocycles. The lowest BCUT2D eigenvalue weighted by Gasteiger charge is -2.34. The Morgan fingerprint density at radius 1 is 0.923 bits per heavy atom. The number of nitriles is 1. The van der Waals surface area contributed by atoms with Gasteiger partial charge in [-0.25, -0.2) is 0 Å². The minimum Gasteiger partial charge on any atom is -0.493 e. The second-order valence-electron chi connectivity index (χ2n) is 11.2. The van der Waals surface area contributed by atoms with E-state index in [-0.39, 0.29) is 0 Å². The minimum absolute atomic E-state index is 0.545. The van der Waals surface area contributed by atoms with Gasteiger partial charge in [-0.05, 0) is 98.7 Å². The summed E-state index contributed by atoms with van der Waals surface area (Å²) in [5.74, 6) is 1.96. The smallest absolute Gasteiger partial charge is 0.127 e. The van der Waals surface area contributed by atoms with Crippen molar-refractivity contribution in [1.29, 1.82) is 5.26 Å². The molecule has 204 valence electrons. The van der Waals surface area contributed by atoms with Gasteiger partial charge in [0.25, 0.3) is 0 Å². The average molecular weight is 523 g/mol. The van der Waals surface area contributed by atoms with E-state index in [9.17, 15) is 0 Å². The number of nitrogens with zero attached hydrogens (tertiary/aromatic N) is 2. The molecule has 1 saturated heterocycles. The fourth-order valence-electron chi connectivity index (χ4n) is 6.23. The van der Waals surface area contributed by atoms with Crippen molar-refractivity contribution in [3.05, 3.63) is 82.4 Å². The fourth-order valence-corrected chi connectivity index (χ4v) is 6.23. The highest BCUT2D eigenvalue weighted by Crippen LogP contribution is 2.41. The molecule has 0 spiro atoms. The Bertz CT molecular complexity index is 1290. The first kappa shape index (κ1) is 27.3. The molecule has 3 aromatic rings. The first-order valence-electron chi connectivity index (χ1n) is 14.8. The molecule has 4 nitrogen and oxygen atoms in total. The van der Waals surface area contributed by atoms with Crippen molar-refractivity contribution in [2.45, 2.75) is 90.8 Å². The number of benzene rings is 3. The van der Waals surface area contributed by atoms with Crippen LogP contribution in [0.4, 0.5) is 0 Å². The van der Waals surface area contributed by atoms with Gasteiger partial charge in [-0.3, -0.25) is 4.90 Å². The Morgan fingerprint density at radius 2 is 1.77 bits per heavy atom. The number of hydrogen-bond donors (Lipinski definition) is 0. The Labute approximate surface area is 234 Å². The minimum atomic E-state index is 0.545. The van der Waals surface area contributed by atoms with E-state index in [0.29, 0.717) is 25.7 Å². The van der Waals surface area contributed by atoms with Crippen molar-refractivity contribution in [1.82, 2.24) is 4.90 Å². The van der Waals surface area contributed by atoms with Crippen LogP contribution in [0.3, 0.4) is 0 Å². The van der Waals surface area contributed by atoms with Crippen LogP contribution < -0.4 is 9.47 Å². The molecule has 0 bridgehead atoms. The zero-order valence-electron chi connectivity index (χ0n) is 23.7. The number of ether oxygens (including phenoxy) is 2. The largest absolute Gasteiger partial charge is 0.493 e. The van der Waals surface area contributed by atoms with E-state index in [0.717, 1.165) is 50.3 Å². The predicted molar refractivity (Wildman–Crippen MR) is 158 cm³/mol. The van der Waals surface area contributed by atoms with Gasteiger partial charge in [-0.1, -0.05) is 55.0 Å². The van der Waals surface area contributed by atoms with Crippen molar-refractivity contribution in [2.75, 3.05) is 13.2 Å². The third kappa shape index (κ3) is 6.48. The fraction of sp³-hybridized carbons (Fsp3) is 0.457. The second-order valence-corrected chi connectivity index (χ2v) is 11.2. The van der Waals surface area contributed by atoms with Crippen LogP contribution in [-0.4, -0.2) is 24.1 Å². The van der Waals surface area contributed by atoms with Crippen molar-refractivity contribution < 1.29 is 9.47 Å². The summed E-state index contributed by atoms with van der Waals surface area (Å²) in [5.41, 5.74) is 9.18. The van der Waals surface area contributed by atoms with Crippen molar-refractivity contribution >= 4 is 0 Å². The summed E-state index contributed by atoms with van der Waals surface area (Å²) < 4.78 is 13.1. The maximum atomic E-state index is 8.92. The van der Waals surface area contributed by atoms with E-state index in [4.69, 9.17) is 14.7 Å². The molecular weight excluding hydrogens is 480 g/mol. The maximum Gasteiger partial charge on any atom is 0.127 e. The van der Waals surface area contributed by atoms with Crippen LogP contribution >= 0.6 is 0 Å². The summed E-state index contributed by atoms with van der Waals surface area (Å²) >= 11 is 0. The van der Waals surface area contributed by atoms with Gasteiger partial charge in [0.05, 0.1) is 12.7 Å². The lowest BCUT2D eigenvalue weighted by atomic mass is 9.96. The van der Waals surface area contributed by atoms with Gasteiger partial charge in [0, 0.05) is 30.6 Å². The first-order chi connectivity index (χ1) is 19.2. The summed E-state index contributed by atoms with van der Waals surface area (Å²) in [5, 5.41) is 8.92. The van der Waals surface area contributed by atoms with Crippen LogP contribution in [0, 0.1) is 18.3 Å². The maximum absolute atomic E-state index is 8.92. The van der Waals surface area contributed by atoms with E-state index < -0.39 is 0 Å². The Morgan fingerprint density at radius 3 is 2.59 bits per heavy atom. The van der Waals surface area contributed by atoms with E-state index in [1.165, 1.54) is 64.6 Å². The van der Waals surface area contributed by atoms with Gasteiger partial charge in [0.2, 0.25) is 0 Å². The van der Waals surface area contributed by atoms with E-state index in [1.54, 1.807) is 0 Å². The molecule has 1 aliphatic carbocycles. The van der Waals surface area contributed by atoms with Crippen LogP contribution in [0.5, 0.6) is 11.5 Å². The van der Waals surface area contributed by atoms with Gasteiger partial charge in [-0.2, -0.15) is 5.26 Å². The number of rotatable bonds is 11. The summed E-state index contributed by atoms with van der Waals surface area (Å²) in [6.45, 7) is 7.86. The SMILES string of the molecule is Cc1c(COc2cc(OCCCCC#N)c(CN3CCCC[C@H]3C)c3c2CCC3)cccc1-c1ccccc1. The molecule has 0 N–H and O–H groups in total. The molecule has 0 unspecified atom stereocenters. The zero-order valence-corrected chi connectivity index (χ0v) is 23.7. The van der Waals surface area contributed by atoms with E-state index in [1.807, 2.05) is 0 Å².